The Balaban J connectivity index is 2.03. The molecule has 3 heterocycles. The van der Waals surface area contributed by atoms with Gasteiger partial charge in [-0.05, 0) is 52.2 Å². The van der Waals surface area contributed by atoms with Gasteiger partial charge in [0, 0.05) is 33.9 Å². The van der Waals surface area contributed by atoms with Crippen LogP contribution in [-0.4, -0.2) is 9.97 Å². The van der Waals surface area contributed by atoms with Crippen LogP contribution in [0, 0.1) is 5.82 Å². The van der Waals surface area contributed by atoms with Gasteiger partial charge in [-0.1, -0.05) is 11.6 Å². The number of hydrogen-bond donors (Lipinski definition) is 1. The number of aromatic nitrogens is 2. The van der Waals surface area contributed by atoms with Crippen LogP contribution in [0.3, 0.4) is 0 Å². The van der Waals surface area contributed by atoms with Crippen LogP contribution in [0.5, 0.6) is 0 Å². The largest absolute Gasteiger partial charge is 0.345 e. The van der Waals surface area contributed by atoms with Gasteiger partial charge in [-0.15, -0.1) is 0 Å². The van der Waals surface area contributed by atoms with Crippen molar-refractivity contribution in [1.82, 2.24) is 9.97 Å². The molecule has 0 bridgehead atoms. The first-order chi connectivity index (χ1) is 10.7. The zero-order valence-electron chi connectivity index (χ0n) is 11.3. The molecule has 0 unspecified atom stereocenters. The van der Waals surface area contributed by atoms with Crippen LogP contribution < -0.4 is 0 Å². The first-order valence-electron chi connectivity index (χ1n) is 6.68. The molecule has 3 aromatic heterocycles. The smallest absolute Gasteiger partial charge is 0.138 e. The minimum atomic E-state index is -0.339. The Labute approximate surface area is 135 Å². The lowest BCUT2D eigenvalue weighted by molar-refractivity contribution is 0.631. The van der Waals surface area contributed by atoms with Crippen LogP contribution in [0.1, 0.15) is 0 Å². The van der Waals surface area contributed by atoms with Gasteiger partial charge in [0.15, 0.2) is 0 Å². The van der Waals surface area contributed by atoms with Crippen molar-refractivity contribution in [1.29, 1.82) is 0 Å². The molecule has 2 nitrogen and oxygen atoms in total. The second-order valence-corrected chi connectivity index (χ2v) is 6.14. The average molecular weight is 329 g/mol. The number of benzene rings is 1. The van der Waals surface area contributed by atoms with E-state index in [2.05, 4.69) is 21.4 Å². The third-order valence-electron chi connectivity index (χ3n) is 3.63. The number of aromatic amines is 1. The van der Waals surface area contributed by atoms with E-state index in [1.54, 1.807) is 35.9 Å². The fourth-order valence-corrected chi connectivity index (χ4v) is 3.45. The van der Waals surface area contributed by atoms with Gasteiger partial charge in [-0.2, -0.15) is 11.3 Å². The second kappa shape index (κ2) is 5.23. The van der Waals surface area contributed by atoms with E-state index in [-0.39, 0.29) is 5.82 Å². The molecule has 4 aromatic rings. The van der Waals surface area contributed by atoms with Crippen LogP contribution in [0.2, 0.25) is 5.02 Å². The molecule has 0 atom stereocenters. The maximum absolute atomic E-state index is 14.3. The number of rotatable bonds is 2. The molecule has 0 saturated carbocycles. The Bertz CT molecular complexity index is 960. The summed E-state index contributed by atoms with van der Waals surface area (Å²) in [6, 6.07) is 8.73. The summed E-state index contributed by atoms with van der Waals surface area (Å²) in [5.74, 6) is -0.339. The van der Waals surface area contributed by atoms with Crippen molar-refractivity contribution in [3.05, 3.63) is 64.3 Å². The van der Waals surface area contributed by atoms with E-state index in [0.717, 1.165) is 27.7 Å². The summed E-state index contributed by atoms with van der Waals surface area (Å²) in [7, 11) is 0. The molecular formula is C17H10ClFN2S. The first-order valence-corrected chi connectivity index (χ1v) is 8.00. The Morgan fingerprint density at radius 3 is 2.77 bits per heavy atom. The molecule has 0 fully saturated rings. The molecule has 0 spiro atoms. The Morgan fingerprint density at radius 1 is 1.09 bits per heavy atom. The number of halogens is 2. The maximum atomic E-state index is 14.3. The molecule has 108 valence electrons. The van der Waals surface area contributed by atoms with Crippen molar-refractivity contribution in [2.75, 3.05) is 0 Å². The number of fused-ring (bicyclic) bond motifs is 1. The van der Waals surface area contributed by atoms with Gasteiger partial charge in [0.05, 0.1) is 0 Å². The number of H-pyrrole nitrogens is 1. The average Bonchev–Trinajstić information content (AvgIpc) is 3.16. The predicted molar refractivity (Wildman–Crippen MR) is 89.8 cm³/mol. The molecule has 0 saturated heterocycles. The van der Waals surface area contributed by atoms with E-state index in [0.29, 0.717) is 10.6 Å². The quantitative estimate of drug-likeness (QED) is 0.498. The van der Waals surface area contributed by atoms with Crippen LogP contribution in [0.15, 0.2) is 53.5 Å². The van der Waals surface area contributed by atoms with Crippen LogP contribution in [0.4, 0.5) is 4.39 Å². The number of nitrogens with one attached hydrogen (secondary N) is 1. The van der Waals surface area contributed by atoms with Crippen molar-refractivity contribution < 1.29 is 4.39 Å². The molecule has 0 aliphatic carbocycles. The lowest BCUT2D eigenvalue weighted by Gasteiger charge is -2.06. The van der Waals surface area contributed by atoms with Crippen molar-refractivity contribution in [2.24, 2.45) is 0 Å². The summed E-state index contributed by atoms with van der Waals surface area (Å²) >= 11 is 7.48. The molecular weight excluding hydrogens is 319 g/mol. The van der Waals surface area contributed by atoms with Gasteiger partial charge < -0.3 is 4.98 Å². The molecule has 0 aliphatic heterocycles. The molecule has 5 heteroatoms. The monoisotopic (exact) mass is 328 g/mol. The van der Waals surface area contributed by atoms with Gasteiger partial charge in [-0.3, -0.25) is 0 Å². The minimum absolute atomic E-state index is 0.339. The topological polar surface area (TPSA) is 28.7 Å². The van der Waals surface area contributed by atoms with Gasteiger partial charge in [-0.25, -0.2) is 9.37 Å². The van der Waals surface area contributed by atoms with Crippen LogP contribution >= 0.6 is 22.9 Å². The van der Waals surface area contributed by atoms with Gasteiger partial charge in [0.2, 0.25) is 0 Å². The maximum Gasteiger partial charge on any atom is 0.138 e. The third kappa shape index (κ3) is 2.12. The van der Waals surface area contributed by atoms with Gasteiger partial charge in [0.1, 0.15) is 11.5 Å². The molecule has 0 amide bonds. The van der Waals surface area contributed by atoms with Crippen LogP contribution in [-0.2, 0) is 0 Å². The highest BCUT2D eigenvalue weighted by Gasteiger charge is 2.15. The molecule has 4 rings (SSSR count). The lowest BCUT2D eigenvalue weighted by Crippen LogP contribution is -1.86. The first kappa shape index (κ1) is 13.5. The number of nitrogens with zero attached hydrogens (tertiary/aromatic N) is 1. The summed E-state index contributed by atoms with van der Waals surface area (Å²) in [4.78, 5) is 7.47. The SMILES string of the molecule is Fc1cc(Cl)ccc1-c1c[nH]c2nccc(-c3ccsc3)c12. The summed E-state index contributed by atoms with van der Waals surface area (Å²) in [6.45, 7) is 0. The fourth-order valence-electron chi connectivity index (χ4n) is 2.64. The normalized spacial score (nSPS) is 11.2. The summed E-state index contributed by atoms with van der Waals surface area (Å²) < 4.78 is 14.3. The zero-order chi connectivity index (χ0) is 15.1. The van der Waals surface area contributed by atoms with E-state index in [9.17, 15) is 4.39 Å². The Hall–Kier alpha value is -2.17. The lowest BCUT2D eigenvalue weighted by atomic mass is 9.99. The number of pyridine rings is 1. The highest BCUT2D eigenvalue weighted by Crippen LogP contribution is 2.37. The van der Waals surface area contributed by atoms with E-state index in [4.69, 9.17) is 11.6 Å². The Morgan fingerprint density at radius 2 is 2.00 bits per heavy atom. The van der Waals surface area contributed by atoms with E-state index in [1.807, 2.05) is 11.4 Å². The standard InChI is InChI=1S/C17H10ClFN2S/c18-11-1-2-13(15(19)7-11)14-8-21-17-16(14)12(3-5-20-17)10-4-6-22-9-10/h1-9H,(H,20,21). The van der Waals surface area contributed by atoms with E-state index in [1.165, 1.54) is 6.07 Å². The number of thiophene rings is 1. The van der Waals surface area contributed by atoms with Crippen molar-refractivity contribution in [3.63, 3.8) is 0 Å². The highest BCUT2D eigenvalue weighted by molar-refractivity contribution is 7.08. The summed E-state index contributed by atoms with van der Waals surface area (Å²) in [5, 5.41) is 5.40. The zero-order valence-corrected chi connectivity index (χ0v) is 12.9. The molecule has 1 N–H and O–H groups in total. The fraction of sp³-hybridized carbons (Fsp3) is 0. The second-order valence-electron chi connectivity index (χ2n) is 4.92. The molecule has 22 heavy (non-hydrogen) atoms. The van der Waals surface area contributed by atoms with Gasteiger partial charge in [0.25, 0.3) is 0 Å². The molecule has 0 aliphatic rings. The Kier molecular flexibility index (Phi) is 3.21. The third-order valence-corrected chi connectivity index (χ3v) is 4.55. The molecule has 1 aromatic carbocycles. The highest BCUT2D eigenvalue weighted by atomic mass is 35.5. The van der Waals surface area contributed by atoms with Gasteiger partial charge >= 0.3 is 0 Å². The van der Waals surface area contributed by atoms with Crippen LogP contribution in [0.25, 0.3) is 33.3 Å². The van der Waals surface area contributed by atoms with Crippen molar-refractivity contribution in [3.8, 4) is 22.3 Å². The minimum Gasteiger partial charge on any atom is -0.345 e. The van der Waals surface area contributed by atoms with E-state index >= 15 is 0 Å². The number of hydrogen-bond acceptors (Lipinski definition) is 2. The van der Waals surface area contributed by atoms with Crippen molar-refractivity contribution in [2.45, 2.75) is 0 Å². The van der Waals surface area contributed by atoms with E-state index < -0.39 is 0 Å². The summed E-state index contributed by atoms with van der Waals surface area (Å²) in [6.07, 6.45) is 3.55. The van der Waals surface area contributed by atoms with Crippen molar-refractivity contribution >= 4 is 34.0 Å². The predicted octanol–water partition coefficient (Wildman–Crippen LogP) is 5.75. The summed E-state index contributed by atoms with van der Waals surface area (Å²) in [5.41, 5.74) is 4.19. The molecule has 0 radical (unpaired) electrons.